The Morgan fingerprint density at radius 2 is 1.95 bits per heavy atom. The first kappa shape index (κ1) is 16.2. The Morgan fingerprint density at radius 3 is 2.55 bits per heavy atom. The number of para-hydroxylation sites is 1. The van der Waals surface area contributed by atoms with Crippen LogP contribution in [0.25, 0.3) is 5.69 Å². The molecule has 0 aliphatic rings. The number of aromatic nitrogens is 3. The molecule has 6 nitrogen and oxygen atoms in total. The Bertz CT molecular complexity index is 670. The van der Waals surface area contributed by atoms with E-state index >= 15 is 0 Å². The van der Waals surface area contributed by atoms with Crippen LogP contribution in [0.4, 0.5) is 0 Å². The molecular weight excluding hydrogens is 302 g/mol. The van der Waals surface area contributed by atoms with Gasteiger partial charge in [-0.15, -0.1) is 10.2 Å². The van der Waals surface area contributed by atoms with Crippen molar-refractivity contribution in [2.45, 2.75) is 31.2 Å². The number of aryl methyl sites for hydroxylation is 1. The molecule has 1 atom stereocenters. The zero-order chi connectivity index (χ0) is 16.1. The number of hydrogen-bond acceptors (Lipinski definition) is 6. The van der Waals surface area contributed by atoms with Gasteiger partial charge in [0.25, 0.3) is 0 Å². The van der Waals surface area contributed by atoms with E-state index < -0.39 is 11.2 Å². The van der Waals surface area contributed by atoms with E-state index in [1.807, 2.05) is 37.3 Å². The zero-order valence-electron chi connectivity index (χ0n) is 12.6. The second-order valence-electron chi connectivity index (χ2n) is 4.56. The molecule has 0 spiro atoms. The van der Waals surface area contributed by atoms with Gasteiger partial charge in [0.05, 0.1) is 6.61 Å². The van der Waals surface area contributed by atoms with Crippen LogP contribution in [0, 0.1) is 6.92 Å². The molecule has 7 heteroatoms. The van der Waals surface area contributed by atoms with Gasteiger partial charge in [-0.1, -0.05) is 30.0 Å². The van der Waals surface area contributed by atoms with E-state index in [0.717, 1.165) is 17.4 Å². The molecule has 0 saturated carbocycles. The Kier molecular flexibility index (Phi) is 5.32. The van der Waals surface area contributed by atoms with Gasteiger partial charge in [0.2, 0.25) is 0 Å². The Morgan fingerprint density at radius 1 is 1.27 bits per heavy atom. The molecule has 1 unspecified atom stereocenters. The highest BCUT2D eigenvalue weighted by Gasteiger charge is 2.29. The van der Waals surface area contributed by atoms with Gasteiger partial charge in [-0.2, -0.15) is 0 Å². The lowest BCUT2D eigenvalue weighted by Crippen LogP contribution is -2.27. The summed E-state index contributed by atoms with van der Waals surface area (Å²) in [6.07, 6.45) is 0. The van der Waals surface area contributed by atoms with Gasteiger partial charge in [0, 0.05) is 5.69 Å². The highest BCUT2D eigenvalue weighted by atomic mass is 32.2. The number of thioether (sulfide) groups is 1. The average molecular weight is 319 g/mol. The first-order valence-corrected chi connectivity index (χ1v) is 7.73. The van der Waals surface area contributed by atoms with Crippen molar-refractivity contribution in [3.05, 3.63) is 36.2 Å². The molecule has 116 valence electrons. The number of ether oxygens (including phenoxy) is 1. The van der Waals surface area contributed by atoms with Crippen LogP contribution < -0.4 is 0 Å². The maximum absolute atomic E-state index is 11.9. The summed E-state index contributed by atoms with van der Waals surface area (Å²) in [4.78, 5) is 23.7. The van der Waals surface area contributed by atoms with Crippen molar-refractivity contribution in [3.63, 3.8) is 0 Å². The fourth-order valence-electron chi connectivity index (χ4n) is 1.91. The van der Waals surface area contributed by atoms with Crippen LogP contribution in [0.3, 0.4) is 0 Å². The van der Waals surface area contributed by atoms with E-state index in [9.17, 15) is 9.59 Å². The van der Waals surface area contributed by atoms with Crippen molar-refractivity contribution in [1.82, 2.24) is 14.8 Å². The van der Waals surface area contributed by atoms with E-state index in [1.165, 1.54) is 6.92 Å². The lowest BCUT2D eigenvalue weighted by molar-refractivity contribution is -0.144. The minimum Gasteiger partial charge on any atom is -0.465 e. The van der Waals surface area contributed by atoms with E-state index in [4.69, 9.17) is 4.74 Å². The number of ketones is 1. The number of carbonyl (C=O) groups is 2. The Balaban J connectivity index is 2.33. The molecule has 1 aromatic heterocycles. The number of carbonyl (C=O) groups excluding carboxylic acids is 2. The molecule has 0 bridgehead atoms. The fraction of sp³-hybridized carbons (Fsp3) is 0.333. The van der Waals surface area contributed by atoms with Crippen LogP contribution in [0.2, 0.25) is 0 Å². The third kappa shape index (κ3) is 3.54. The normalized spacial score (nSPS) is 12.0. The van der Waals surface area contributed by atoms with Gasteiger partial charge in [-0.25, -0.2) is 0 Å². The van der Waals surface area contributed by atoms with Crippen molar-refractivity contribution in [1.29, 1.82) is 0 Å². The van der Waals surface area contributed by atoms with Gasteiger partial charge in [-0.3, -0.25) is 14.2 Å². The molecule has 0 aliphatic heterocycles. The van der Waals surface area contributed by atoms with Crippen LogP contribution >= 0.6 is 11.8 Å². The largest absolute Gasteiger partial charge is 0.465 e. The van der Waals surface area contributed by atoms with Gasteiger partial charge >= 0.3 is 5.97 Å². The van der Waals surface area contributed by atoms with E-state index in [-0.39, 0.29) is 12.4 Å². The lowest BCUT2D eigenvalue weighted by Gasteiger charge is -2.13. The molecular formula is C15H17N3O3S. The van der Waals surface area contributed by atoms with Crippen LogP contribution in [0.1, 0.15) is 19.7 Å². The average Bonchev–Trinajstić information content (AvgIpc) is 2.86. The van der Waals surface area contributed by atoms with Crippen molar-refractivity contribution >= 4 is 23.5 Å². The van der Waals surface area contributed by atoms with Crippen molar-refractivity contribution in [2.75, 3.05) is 6.61 Å². The van der Waals surface area contributed by atoms with Gasteiger partial charge in [0.15, 0.2) is 16.2 Å². The molecule has 22 heavy (non-hydrogen) atoms. The standard InChI is InChI=1S/C15H17N3O3S/c1-4-21-14(20)13(10(2)19)22-15-17-16-11(3)18(15)12-8-6-5-7-9-12/h5-9,13H,4H2,1-3H3. The minimum absolute atomic E-state index is 0.230. The minimum atomic E-state index is -0.939. The third-order valence-corrected chi connectivity index (χ3v) is 4.14. The SMILES string of the molecule is CCOC(=O)C(Sc1nnc(C)n1-c1ccccc1)C(C)=O. The Hall–Kier alpha value is -2.15. The smallest absolute Gasteiger partial charge is 0.327 e. The first-order valence-electron chi connectivity index (χ1n) is 6.85. The summed E-state index contributed by atoms with van der Waals surface area (Å²) in [5, 5.41) is 7.66. The number of nitrogens with zero attached hydrogens (tertiary/aromatic N) is 3. The molecule has 0 aliphatic carbocycles. The van der Waals surface area contributed by atoms with Crippen LogP contribution in [-0.4, -0.2) is 38.4 Å². The van der Waals surface area contributed by atoms with Crippen molar-refractivity contribution in [3.8, 4) is 5.69 Å². The summed E-state index contributed by atoms with van der Waals surface area (Å²) in [5.74, 6) is -0.149. The van der Waals surface area contributed by atoms with Crippen LogP contribution in [-0.2, 0) is 14.3 Å². The first-order chi connectivity index (χ1) is 10.5. The predicted molar refractivity (Wildman–Crippen MR) is 83.1 cm³/mol. The fourth-order valence-corrected chi connectivity index (χ4v) is 2.89. The topological polar surface area (TPSA) is 74.1 Å². The molecule has 0 saturated heterocycles. The van der Waals surface area contributed by atoms with Crippen LogP contribution in [0.15, 0.2) is 35.5 Å². The maximum Gasteiger partial charge on any atom is 0.327 e. The maximum atomic E-state index is 11.9. The second kappa shape index (κ2) is 7.22. The molecule has 2 aromatic rings. The number of hydrogen-bond donors (Lipinski definition) is 0. The van der Waals surface area contributed by atoms with E-state index in [0.29, 0.717) is 11.0 Å². The summed E-state index contributed by atoms with van der Waals surface area (Å²) in [6.45, 7) is 5.12. The van der Waals surface area contributed by atoms with E-state index in [1.54, 1.807) is 11.5 Å². The Labute approximate surface area is 132 Å². The molecule has 1 heterocycles. The number of benzene rings is 1. The van der Waals surface area contributed by atoms with Crippen molar-refractivity contribution in [2.24, 2.45) is 0 Å². The predicted octanol–water partition coefficient (Wildman–Crippen LogP) is 2.19. The number of rotatable bonds is 6. The summed E-state index contributed by atoms with van der Waals surface area (Å²) in [5.41, 5.74) is 0.874. The number of esters is 1. The zero-order valence-corrected chi connectivity index (χ0v) is 13.5. The highest BCUT2D eigenvalue weighted by molar-refractivity contribution is 8.01. The van der Waals surface area contributed by atoms with Gasteiger partial charge in [0.1, 0.15) is 5.82 Å². The third-order valence-electron chi connectivity index (χ3n) is 2.90. The lowest BCUT2D eigenvalue weighted by atomic mass is 10.3. The van der Waals surface area contributed by atoms with E-state index in [2.05, 4.69) is 10.2 Å². The molecule has 0 radical (unpaired) electrons. The molecule has 0 amide bonds. The summed E-state index contributed by atoms with van der Waals surface area (Å²) < 4.78 is 6.76. The van der Waals surface area contributed by atoms with Crippen LogP contribution in [0.5, 0.6) is 0 Å². The van der Waals surface area contributed by atoms with Gasteiger partial charge < -0.3 is 4.74 Å². The molecule has 0 N–H and O–H groups in total. The molecule has 0 fully saturated rings. The molecule has 1 aromatic carbocycles. The summed E-state index contributed by atoms with van der Waals surface area (Å²) in [7, 11) is 0. The monoisotopic (exact) mass is 319 g/mol. The second-order valence-corrected chi connectivity index (χ2v) is 5.63. The number of Topliss-reactive ketones (excluding diaryl/α,β-unsaturated/α-hetero) is 1. The highest BCUT2D eigenvalue weighted by Crippen LogP contribution is 2.26. The van der Waals surface area contributed by atoms with Crippen molar-refractivity contribution < 1.29 is 14.3 Å². The summed E-state index contributed by atoms with van der Waals surface area (Å²) >= 11 is 1.05. The quantitative estimate of drug-likeness (QED) is 0.461. The summed E-state index contributed by atoms with van der Waals surface area (Å²) in [6, 6.07) is 9.53. The van der Waals surface area contributed by atoms with Gasteiger partial charge in [-0.05, 0) is 32.9 Å². The molecule has 2 rings (SSSR count).